The normalized spacial score (nSPS) is 10.6. The van der Waals surface area contributed by atoms with E-state index in [1.807, 2.05) is 0 Å². The molecule has 2 heterocycles. The van der Waals surface area contributed by atoms with Crippen LogP contribution in [0.5, 0.6) is 0 Å². The van der Waals surface area contributed by atoms with E-state index in [0.717, 1.165) is 0 Å². The zero-order valence-corrected chi connectivity index (χ0v) is 11.7. The Morgan fingerprint density at radius 2 is 1.91 bits per heavy atom. The zero-order chi connectivity index (χ0) is 15.7. The van der Waals surface area contributed by atoms with Crippen LogP contribution in [0.2, 0.25) is 0 Å². The Bertz CT molecular complexity index is 970. The van der Waals surface area contributed by atoms with E-state index in [0.29, 0.717) is 16.6 Å². The molecule has 0 aliphatic rings. The number of fused-ring (bicyclic) bond motifs is 1. The lowest BCUT2D eigenvalue weighted by atomic mass is 10.2. The average Bonchev–Trinajstić information content (AvgIpc) is 2.55. The van der Waals surface area contributed by atoms with E-state index >= 15 is 0 Å². The maximum absolute atomic E-state index is 12.1. The number of benzene rings is 1. The van der Waals surface area contributed by atoms with Crippen LogP contribution in [0.3, 0.4) is 0 Å². The Morgan fingerprint density at radius 1 is 1.18 bits per heavy atom. The minimum absolute atomic E-state index is 0.219. The van der Waals surface area contributed by atoms with Gasteiger partial charge in [0.2, 0.25) is 0 Å². The number of H-pyrrole nitrogens is 1. The van der Waals surface area contributed by atoms with Crippen molar-refractivity contribution in [3.05, 3.63) is 69.0 Å². The van der Waals surface area contributed by atoms with Gasteiger partial charge in [0.25, 0.3) is 11.5 Å². The lowest BCUT2D eigenvalue weighted by Gasteiger charge is -2.09. The summed E-state index contributed by atoms with van der Waals surface area (Å²) in [6.45, 7) is 0. The molecular formula is C15H12N4O3. The minimum Gasteiger partial charge on any atom is -0.355 e. The molecule has 110 valence electrons. The van der Waals surface area contributed by atoms with Crippen LogP contribution in [0.25, 0.3) is 16.7 Å². The third-order valence-corrected chi connectivity index (χ3v) is 3.28. The van der Waals surface area contributed by atoms with Crippen LogP contribution < -0.4 is 16.6 Å². The number of rotatable bonds is 2. The first-order valence-corrected chi connectivity index (χ1v) is 6.54. The number of hydrogen-bond acceptors (Lipinski definition) is 4. The topological polar surface area (TPSA) is 96.9 Å². The highest BCUT2D eigenvalue weighted by atomic mass is 16.2. The van der Waals surface area contributed by atoms with Crippen molar-refractivity contribution in [1.82, 2.24) is 19.9 Å². The number of aromatic amines is 1. The van der Waals surface area contributed by atoms with Crippen LogP contribution in [0.15, 0.2) is 52.2 Å². The number of amides is 1. The Kier molecular flexibility index (Phi) is 3.30. The first-order chi connectivity index (χ1) is 10.6. The number of carbonyl (C=O) groups excluding carboxylic acids is 1. The van der Waals surface area contributed by atoms with Gasteiger partial charge < -0.3 is 5.32 Å². The molecule has 3 rings (SSSR count). The van der Waals surface area contributed by atoms with Crippen molar-refractivity contribution in [1.29, 1.82) is 0 Å². The van der Waals surface area contributed by atoms with Gasteiger partial charge in [-0.25, -0.2) is 14.3 Å². The molecule has 7 heteroatoms. The molecule has 2 aromatic heterocycles. The number of nitrogens with one attached hydrogen (secondary N) is 2. The third-order valence-electron chi connectivity index (χ3n) is 3.28. The number of carbonyl (C=O) groups is 1. The minimum atomic E-state index is -0.580. The van der Waals surface area contributed by atoms with Crippen LogP contribution >= 0.6 is 0 Å². The number of hydrogen-bond donors (Lipinski definition) is 2. The molecule has 7 nitrogen and oxygen atoms in total. The molecule has 1 amide bonds. The number of nitrogens with zero attached hydrogens (tertiary/aromatic N) is 2. The van der Waals surface area contributed by atoms with Crippen molar-refractivity contribution in [3.8, 4) is 5.69 Å². The van der Waals surface area contributed by atoms with Crippen LogP contribution in [0.1, 0.15) is 10.4 Å². The van der Waals surface area contributed by atoms with Crippen molar-refractivity contribution in [3.63, 3.8) is 0 Å². The second kappa shape index (κ2) is 5.28. The molecule has 0 fully saturated rings. The highest BCUT2D eigenvalue weighted by Gasteiger charge is 2.10. The monoisotopic (exact) mass is 296 g/mol. The summed E-state index contributed by atoms with van der Waals surface area (Å²) in [4.78, 5) is 41.8. The maximum Gasteiger partial charge on any atom is 0.334 e. The van der Waals surface area contributed by atoms with Gasteiger partial charge in [-0.15, -0.1) is 0 Å². The van der Waals surface area contributed by atoms with Crippen LogP contribution in [-0.4, -0.2) is 27.5 Å². The number of aromatic nitrogens is 3. The lowest BCUT2D eigenvalue weighted by Crippen LogP contribution is -2.29. The molecule has 0 unspecified atom stereocenters. The summed E-state index contributed by atoms with van der Waals surface area (Å²) in [5.74, 6) is -0.219. The molecule has 0 saturated carbocycles. The van der Waals surface area contributed by atoms with Crippen LogP contribution in [0.4, 0.5) is 0 Å². The van der Waals surface area contributed by atoms with Gasteiger partial charge in [0.05, 0.1) is 11.1 Å². The van der Waals surface area contributed by atoms with Crippen molar-refractivity contribution in [2.24, 2.45) is 0 Å². The van der Waals surface area contributed by atoms with Gasteiger partial charge in [-0.3, -0.25) is 14.6 Å². The smallest absolute Gasteiger partial charge is 0.334 e. The predicted octanol–water partition coefficient (Wildman–Crippen LogP) is 0.434. The summed E-state index contributed by atoms with van der Waals surface area (Å²) in [6, 6.07) is 9.66. The largest absolute Gasteiger partial charge is 0.355 e. The fourth-order valence-electron chi connectivity index (χ4n) is 2.21. The van der Waals surface area contributed by atoms with E-state index in [2.05, 4.69) is 15.3 Å². The standard InChI is InChI=1S/C15H12N4O3/c1-16-13(20)9-4-6-10(7-5-9)19-12-11(3-2-8-17-12)14(21)18-15(19)22/h2-8H,1H3,(H,16,20)(H,18,21,22). The zero-order valence-electron chi connectivity index (χ0n) is 11.7. The highest BCUT2D eigenvalue weighted by Crippen LogP contribution is 2.12. The summed E-state index contributed by atoms with van der Waals surface area (Å²) < 4.78 is 1.30. The van der Waals surface area contributed by atoms with Gasteiger partial charge >= 0.3 is 5.69 Å². The molecule has 0 bridgehead atoms. The second-order valence-corrected chi connectivity index (χ2v) is 4.60. The van der Waals surface area contributed by atoms with E-state index in [-0.39, 0.29) is 11.6 Å². The predicted molar refractivity (Wildman–Crippen MR) is 81.4 cm³/mol. The molecular weight excluding hydrogens is 284 g/mol. The molecule has 3 aromatic rings. The van der Waals surface area contributed by atoms with Crippen molar-refractivity contribution < 1.29 is 4.79 Å². The van der Waals surface area contributed by atoms with Gasteiger partial charge in [-0.05, 0) is 36.4 Å². The molecule has 1 aromatic carbocycles. The van der Waals surface area contributed by atoms with Gasteiger partial charge in [-0.2, -0.15) is 0 Å². The highest BCUT2D eigenvalue weighted by molar-refractivity contribution is 5.94. The molecule has 2 N–H and O–H groups in total. The van der Waals surface area contributed by atoms with Gasteiger partial charge in [0.1, 0.15) is 0 Å². The quantitative estimate of drug-likeness (QED) is 0.717. The summed E-state index contributed by atoms with van der Waals surface area (Å²) in [5.41, 5.74) is 0.192. The van der Waals surface area contributed by atoms with Crippen LogP contribution in [0, 0.1) is 0 Å². The maximum atomic E-state index is 12.1. The molecule has 0 spiro atoms. The molecule has 0 radical (unpaired) electrons. The van der Waals surface area contributed by atoms with E-state index in [1.165, 1.54) is 10.8 Å². The Morgan fingerprint density at radius 3 is 2.59 bits per heavy atom. The molecule has 0 saturated heterocycles. The van der Waals surface area contributed by atoms with E-state index < -0.39 is 11.2 Å². The van der Waals surface area contributed by atoms with E-state index in [4.69, 9.17) is 0 Å². The first kappa shape index (κ1) is 13.7. The molecule has 0 aliphatic carbocycles. The lowest BCUT2D eigenvalue weighted by molar-refractivity contribution is 0.0963. The van der Waals surface area contributed by atoms with Gasteiger partial charge in [0, 0.05) is 18.8 Å². The summed E-state index contributed by atoms with van der Waals surface area (Å²) >= 11 is 0. The molecule has 0 atom stereocenters. The van der Waals surface area contributed by atoms with E-state index in [1.54, 1.807) is 43.4 Å². The van der Waals surface area contributed by atoms with Crippen molar-refractivity contribution in [2.45, 2.75) is 0 Å². The Labute approximate surface area is 124 Å². The number of pyridine rings is 1. The van der Waals surface area contributed by atoms with E-state index in [9.17, 15) is 14.4 Å². The van der Waals surface area contributed by atoms with Crippen LogP contribution in [-0.2, 0) is 0 Å². The molecule has 0 aliphatic heterocycles. The summed E-state index contributed by atoms with van der Waals surface area (Å²) in [5, 5.41) is 2.84. The third kappa shape index (κ3) is 2.18. The fourth-order valence-corrected chi connectivity index (χ4v) is 2.21. The van der Waals surface area contributed by atoms with Gasteiger partial charge in [0.15, 0.2) is 5.65 Å². The Hall–Kier alpha value is -3.22. The van der Waals surface area contributed by atoms with Gasteiger partial charge in [-0.1, -0.05) is 0 Å². The van der Waals surface area contributed by atoms with Crippen molar-refractivity contribution in [2.75, 3.05) is 7.05 Å². The first-order valence-electron chi connectivity index (χ1n) is 6.54. The second-order valence-electron chi connectivity index (χ2n) is 4.60. The fraction of sp³-hybridized carbons (Fsp3) is 0.0667. The SMILES string of the molecule is CNC(=O)c1ccc(-n2c(=O)[nH]c(=O)c3cccnc32)cc1. The molecule has 22 heavy (non-hydrogen) atoms. The average molecular weight is 296 g/mol. The summed E-state index contributed by atoms with van der Waals surface area (Å²) in [7, 11) is 1.54. The Balaban J connectivity index is 2.24. The van der Waals surface area contributed by atoms with Crippen molar-refractivity contribution >= 4 is 16.9 Å². The summed E-state index contributed by atoms with van der Waals surface area (Å²) in [6.07, 6.45) is 1.51.